The van der Waals surface area contributed by atoms with E-state index in [4.69, 9.17) is 10.2 Å². The van der Waals surface area contributed by atoms with E-state index >= 15 is 0 Å². The van der Waals surface area contributed by atoms with E-state index in [0.717, 1.165) is 12.2 Å². The Bertz CT molecular complexity index is 371. The molecule has 0 aromatic carbocycles. The average molecular weight is 293 g/mol. The number of nitrogens with two attached hydrogens (primary N) is 1. The zero-order valence-electron chi connectivity index (χ0n) is 11.0. The highest BCUT2D eigenvalue weighted by Gasteiger charge is 2.18. The number of carbonyl (C=O) groups excluding carboxylic acids is 1. The first-order valence-corrected chi connectivity index (χ1v) is 7.03. The van der Waals surface area contributed by atoms with Crippen LogP contribution in [0.15, 0.2) is 16.7 Å². The first-order valence-electron chi connectivity index (χ1n) is 5.63. The van der Waals surface area contributed by atoms with Gasteiger partial charge >= 0.3 is 0 Å². The number of halogens is 1. The van der Waals surface area contributed by atoms with Gasteiger partial charge in [0, 0.05) is 13.1 Å². The van der Waals surface area contributed by atoms with Crippen LogP contribution in [0.5, 0.6) is 0 Å². The number of amides is 1. The van der Waals surface area contributed by atoms with Gasteiger partial charge in [-0.3, -0.25) is 4.79 Å². The van der Waals surface area contributed by atoms with E-state index in [1.54, 1.807) is 22.7 Å². The number of thioether (sulfide) groups is 1. The molecule has 104 valence electrons. The summed E-state index contributed by atoms with van der Waals surface area (Å²) in [5, 5.41) is 0. The molecule has 2 N–H and O–H groups in total. The molecule has 0 fully saturated rings. The van der Waals surface area contributed by atoms with E-state index in [0.29, 0.717) is 17.9 Å². The molecule has 1 unspecified atom stereocenters. The molecule has 0 aliphatic carbocycles. The second-order valence-electron chi connectivity index (χ2n) is 4.05. The summed E-state index contributed by atoms with van der Waals surface area (Å²) in [5.41, 5.74) is 6.02. The predicted molar refractivity (Wildman–Crippen MR) is 78.4 cm³/mol. The Labute approximate surface area is 119 Å². The van der Waals surface area contributed by atoms with Gasteiger partial charge < -0.3 is 15.1 Å². The molecular weight excluding hydrogens is 272 g/mol. The fraction of sp³-hybridized carbons (Fsp3) is 0.583. The molecule has 0 bridgehead atoms. The maximum atomic E-state index is 12.1. The molecule has 0 aliphatic rings. The van der Waals surface area contributed by atoms with Crippen LogP contribution in [-0.2, 0) is 6.54 Å². The molecule has 1 amide bonds. The fourth-order valence-electron chi connectivity index (χ4n) is 1.49. The zero-order chi connectivity index (χ0) is 12.8. The molecule has 18 heavy (non-hydrogen) atoms. The van der Waals surface area contributed by atoms with Crippen LogP contribution in [0.1, 0.15) is 29.5 Å². The van der Waals surface area contributed by atoms with Crippen molar-refractivity contribution in [1.29, 1.82) is 0 Å². The topological polar surface area (TPSA) is 59.5 Å². The molecule has 0 saturated carbocycles. The van der Waals surface area contributed by atoms with E-state index in [9.17, 15) is 4.79 Å². The van der Waals surface area contributed by atoms with Crippen LogP contribution < -0.4 is 5.73 Å². The SMILES string of the molecule is CSCCC(C)N(C)C(=O)c1coc(CN)c1.Cl. The normalized spacial score (nSPS) is 11.8. The summed E-state index contributed by atoms with van der Waals surface area (Å²) < 4.78 is 5.17. The van der Waals surface area contributed by atoms with Gasteiger partial charge in [0.1, 0.15) is 12.0 Å². The van der Waals surface area contributed by atoms with Crippen molar-refractivity contribution >= 4 is 30.1 Å². The van der Waals surface area contributed by atoms with Crippen LogP contribution in [0.4, 0.5) is 0 Å². The number of nitrogens with zero attached hydrogens (tertiary/aromatic N) is 1. The molecule has 4 nitrogen and oxygen atoms in total. The van der Waals surface area contributed by atoms with Crippen LogP contribution >= 0.6 is 24.2 Å². The Hall–Kier alpha value is -0.650. The molecule has 0 aliphatic heterocycles. The molecular formula is C12H21ClN2O2S. The van der Waals surface area contributed by atoms with E-state index in [1.165, 1.54) is 6.26 Å². The van der Waals surface area contributed by atoms with Gasteiger partial charge in [0.15, 0.2) is 0 Å². The zero-order valence-corrected chi connectivity index (χ0v) is 12.6. The van der Waals surface area contributed by atoms with Crippen LogP contribution in [-0.4, -0.2) is 35.9 Å². The maximum Gasteiger partial charge on any atom is 0.257 e. The van der Waals surface area contributed by atoms with Crippen molar-refractivity contribution in [2.45, 2.75) is 25.9 Å². The van der Waals surface area contributed by atoms with Crippen LogP contribution in [0.3, 0.4) is 0 Å². The van der Waals surface area contributed by atoms with Gasteiger partial charge in [-0.15, -0.1) is 12.4 Å². The van der Waals surface area contributed by atoms with Gasteiger partial charge in [-0.05, 0) is 31.4 Å². The van der Waals surface area contributed by atoms with Gasteiger partial charge in [0.05, 0.1) is 12.1 Å². The standard InChI is InChI=1S/C12H20N2O2S.ClH/c1-9(4-5-17-3)14(2)12(15)10-6-11(7-13)16-8-10;/h6,8-9H,4-5,7,13H2,1-3H3;1H. The number of hydrogen-bond acceptors (Lipinski definition) is 4. The lowest BCUT2D eigenvalue weighted by atomic mass is 10.2. The minimum absolute atomic E-state index is 0. The third kappa shape index (κ3) is 4.55. The second kappa shape index (κ2) is 8.45. The molecule has 1 heterocycles. The highest BCUT2D eigenvalue weighted by atomic mass is 35.5. The van der Waals surface area contributed by atoms with Gasteiger partial charge in [0.25, 0.3) is 5.91 Å². The fourth-order valence-corrected chi connectivity index (χ4v) is 2.06. The number of rotatable bonds is 6. The van der Waals surface area contributed by atoms with Crippen molar-refractivity contribution in [1.82, 2.24) is 4.90 Å². The second-order valence-corrected chi connectivity index (χ2v) is 5.04. The summed E-state index contributed by atoms with van der Waals surface area (Å²) in [6.45, 7) is 2.37. The largest absolute Gasteiger partial charge is 0.467 e. The molecule has 1 aromatic rings. The lowest BCUT2D eigenvalue weighted by molar-refractivity contribution is 0.0740. The first-order chi connectivity index (χ1) is 8.10. The Morgan fingerprint density at radius 3 is 2.78 bits per heavy atom. The van der Waals surface area contributed by atoms with Crippen molar-refractivity contribution < 1.29 is 9.21 Å². The van der Waals surface area contributed by atoms with Gasteiger partial charge in [-0.1, -0.05) is 0 Å². The van der Waals surface area contributed by atoms with E-state index in [2.05, 4.69) is 13.2 Å². The summed E-state index contributed by atoms with van der Waals surface area (Å²) >= 11 is 1.79. The Kier molecular flexibility index (Phi) is 8.15. The lowest BCUT2D eigenvalue weighted by Crippen LogP contribution is -2.35. The molecule has 6 heteroatoms. The summed E-state index contributed by atoms with van der Waals surface area (Å²) in [7, 11) is 1.82. The Balaban J connectivity index is 0.00000289. The predicted octanol–water partition coefficient (Wildman–Crippen LogP) is 2.37. The summed E-state index contributed by atoms with van der Waals surface area (Å²) in [6.07, 6.45) is 4.53. The van der Waals surface area contributed by atoms with Crippen LogP contribution in [0.25, 0.3) is 0 Å². The third-order valence-electron chi connectivity index (χ3n) is 2.82. The molecule has 1 rings (SSSR count). The van der Waals surface area contributed by atoms with Gasteiger partial charge in [-0.25, -0.2) is 0 Å². The summed E-state index contributed by atoms with van der Waals surface area (Å²) in [6, 6.07) is 1.94. The molecule has 0 spiro atoms. The highest BCUT2D eigenvalue weighted by molar-refractivity contribution is 7.98. The Morgan fingerprint density at radius 2 is 2.28 bits per heavy atom. The van der Waals surface area contributed by atoms with Crippen molar-refractivity contribution in [3.8, 4) is 0 Å². The summed E-state index contributed by atoms with van der Waals surface area (Å²) in [5.74, 6) is 1.68. The molecule has 1 aromatic heterocycles. The number of carbonyl (C=O) groups is 1. The number of hydrogen-bond donors (Lipinski definition) is 1. The van der Waals surface area contributed by atoms with Crippen molar-refractivity contribution in [2.75, 3.05) is 19.1 Å². The maximum absolute atomic E-state index is 12.1. The molecule has 0 radical (unpaired) electrons. The highest BCUT2D eigenvalue weighted by Crippen LogP contribution is 2.13. The average Bonchev–Trinajstić information content (AvgIpc) is 2.82. The van der Waals surface area contributed by atoms with Crippen molar-refractivity contribution in [3.63, 3.8) is 0 Å². The van der Waals surface area contributed by atoms with Crippen LogP contribution in [0.2, 0.25) is 0 Å². The van der Waals surface area contributed by atoms with Gasteiger partial charge in [0.2, 0.25) is 0 Å². The number of furan rings is 1. The van der Waals surface area contributed by atoms with Crippen molar-refractivity contribution in [2.24, 2.45) is 5.73 Å². The van der Waals surface area contributed by atoms with Crippen molar-refractivity contribution in [3.05, 3.63) is 23.7 Å². The monoisotopic (exact) mass is 292 g/mol. The third-order valence-corrected chi connectivity index (χ3v) is 3.47. The summed E-state index contributed by atoms with van der Waals surface area (Å²) in [4.78, 5) is 13.8. The quantitative estimate of drug-likeness (QED) is 0.874. The molecule has 0 saturated heterocycles. The van der Waals surface area contributed by atoms with E-state index in [-0.39, 0.29) is 24.4 Å². The lowest BCUT2D eigenvalue weighted by Gasteiger charge is -2.24. The van der Waals surface area contributed by atoms with E-state index < -0.39 is 0 Å². The smallest absolute Gasteiger partial charge is 0.257 e. The minimum Gasteiger partial charge on any atom is -0.467 e. The van der Waals surface area contributed by atoms with Crippen LogP contribution in [0, 0.1) is 0 Å². The van der Waals surface area contributed by atoms with E-state index in [1.807, 2.05) is 7.05 Å². The Morgan fingerprint density at radius 1 is 1.61 bits per heavy atom. The molecule has 1 atom stereocenters. The first kappa shape index (κ1) is 17.4. The minimum atomic E-state index is -0.0120. The van der Waals surface area contributed by atoms with Gasteiger partial charge in [-0.2, -0.15) is 11.8 Å².